The summed E-state index contributed by atoms with van der Waals surface area (Å²) in [4.78, 5) is 16.6. The van der Waals surface area contributed by atoms with E-state index < -0.39 is 5.56 Å². The number of rotatable bonds is 3. The van der Waals surface area contributed by atoms with E-state index in [9.17, 15) is 15.2 Å². The summed E-state index contributed by atoms with van der Waals surface area (Å²) in [6, 6.07) is 6.98. The molecule has 0 unspecified atom stereocenters. The lowest BCUT2D eigenvalue weighted by Gasteiger charge is -2.16. The van der Waals surface area contributed by atoms with Gasteiger partial charge in [-0.25, -0.2) is 0 Å². The molecule has 0 aliphatic carbocycles. The van der Waals surface area contributed by atoms with Crippen molar-refractivity contribution in [2.45, 2.75) is 33.7 Å². The standard InChI is InChI=1S/C18H18ClN3O2/c1-10(2)22-17(23)14(8-20)12(4)15(18(22)24)9-21-13-6-5-11(3)16(19)7-13/h5-7,9-10,24H,1-4H3. The second-order valence-electron chi connectivity index (χ2n) is 5.81. The van der Waals surface area contributed by atoms with Crippen molar-refractivity contribution in [2.24, 2.45) is 4.99 Å². The van der Waals surface area contributed by atoms with Crippen LogP contribution in [0.25, 0.3) is 0 Å². The van der Waals surface area contributed by atoms with Crippen LogP contribution >= 0.6 is 11.6 Å². The molecule has 1 aromatic carbocycles. The third kappa shape index (κ3) is 3.19. The predicted octanol–water partition coefficient (Wildman–Crippen LogP) is 4.03. The van der Waals surface area contributed by atoms with Gasteiger partial charge in [0.15, 0.2) is 0 Å². The molecule has 0 bridgehead atoms. The minimum absolute atomic E-state index is 0.00453. The molecular formula is C18H18ClN3O2. The number of aliphatic imine (C=N–C) groups is 1. The van der Waals surface area contributed by atoms with Crippen LogP contribution in [-0.2, 0) is 0 Å². The van der Waals surface area contributed by atoms with E-state index in [-0.39, 0.29) is 17.5 Å². The first-order valence-electron chi connectivity index (χ1n) is 7.46. The molecule has 0 saturated carbocycles. The number of aromatic nitrogens is 1. The Morgan fingerprint density at radius 2 is 2.04 bits per heavy atom. The summed E-state index contributed by atoms with van der Waals surface area (Å²) in [5, 5.41) is 20.3. The highest BCUT2D eigenvalue weighted by Crippen LogP contribution is 2.25. The summed E-state index contributed by atoms with van der Waals surface area (Å²) in [6.07, 6.45) is 1.45. The number of nitrogens with zero attached hydrogens (tertiary/aromatic N) is 3. The Morgan fingerprint density at radius 3 is 2.58 bits per heavy atom. The fourth-order valence-corrected chi connectivity index (χ4v) is 2.55. The predicted molar refractivity (Wildman–Crippen MR) is 95.6 cm³/mol. The number of halogens is 1. The third-order valence-corrected chi connectivity index (χ3v) is 4.21. The molecule has 0 aliphatic rings. The van der Waals surface area contributed by atoms with Gasteiger partial charge in [0.2, 0.25) is 5.88 Å². The van der Waals surface area contributed by atoms with Crippen LogP contribution in [0.15, 0.2) is 28.0 Å². The van der Waals surface area contributed by atoms with E-state index in [0.717, 1.165) is 5.56 Å². The van der Waals surface area contributed by atoms with Gasteiger partial charge in [-0.3, -0.25) is 14.4 Å². The van der Waals surface area contributed by atoms with Gasteiger partial charge in [-0.2, -0.15) is 5.26 Å². The zero-order valence-corrected chi connectivity index (χ0v) is 14.7. The van der Waals surface area contributed by atoms with Crippen LogP contribution in [0.4, 0.5) is 5.69 Å². The van der Waals surface area contributed by atoms with E-state index in [1.54, 1.807) is 32.9 Å². The number of hydrogen-bond donors (Lipinski definition) is 1. The summed E-state index contributed by atoms with van der Waals surface area (Å²) in [7, 11) is 0. The lowest BCUT2D eigenvalue weighted by atomic mass is 10.1. The fraction of sp³-hybridized carbons (Fsp3) is 0.278. The number of benzene rings is 1. The van der Waals surface area contributed by atoms with E-state index in [2.05, 4.69) is 4.99 Å². The van der Waals surface area contributed by atoms with Gasteiger partial charge in [0.05, 0.1) is 11.3 Å². The first-order valence-corrected chi connectivity index (χ1v) is 7.84. The molecule has 1 N–H and O–H groups in total. The molecule has 0 amide bonds. The molecule has 0 atom stereocenters. The molecule has 124 valence electrons. The number of nitriles is 1. The van der Waals surface area contributed by atoms with Crippen LogP contribution in [0.3, 0.4) is 0 Å². The molecular weight excluding hydrogens is 326 g/mol. The van der Waals surface area contributed by atoms with E-state index in [1.807, 2.05) is 19.1 Å². The van der Waals surface area contributed by atoms with Gasteiger partial charge in [0, 0.05) is 17.3 Å². The molecule has 0 fully saturated rings. The van der Waals surface area contributed by atoms with Crippen molar-refractivity contribution in [3.05, 3.63) is 55.8 Å². The molecule has 0 spiro atoms. The molecule has 5 nitrogen and oxygen atoms in total. The maximum absolute atomic E-state index is 12.3. The highest BCUT2D eigenvalue weighted by Gasteiger charge is 2.19. The fourth-order valence-electron chi connectivity index (χ4n) is 2.38. The normalized spacial score (nSPS) is 11.2. The summed E-state index contributed by atoms with van der Waals surface area (Å²) >= 11 is 6.08. The Labute approximate surface area is 145 Å². The van der Waals surface area contributed by atoms with Crippen LogP contribution in [0.2, 0.25) is 5.02 Å². The molecule has 0 saturated heterocycles. The average Bonchev–Trinajstić information content (AvgIpc) is 2.50. The molecule has 2 rings (SSSR count). The average molecular weight is 344 g/mol. The topological polar surface area (TPSA) is 78.4 Å². The van der Waals surface area contributed by atoms with Crippen molar-refractivity contribution in [1.82, 2.24) is 4.57 Å². The quantitative estimate of drug-likeness (QED) is 0.854. The molecule has 24 heavy (non-hydrogen) atoms. The van der Waals surface area contributed by atoms with Gasteiger partial charge < -0.3 is 5.11 Å². The molecule has 1 heterocycles. The molecule has 2 aromatic rings. The second-order valence-corrected chi connectivity index (χ2v) is 6.22. The van der Waals surface area contributed by atoms with Gasteiger partial charge in [0.1, 0.15) is 11.6 Å². The van der Waals surface area contributed by atoms with Crippen molar-refractivity contribution in [2.75, 3.05) is 0 Å². The lowest BCUT2D eigenvalue weighted by Crippen LogP contribution is -2.26. The first-order chi connectivity index (χ1) is 11.3. The molecule has 6 heteroatoms. The summed E-state index contributed by atoms with van der Waals surface area (Å²) < 4.78 is 1.19. The van der Waals surface area contributed by atoms with Crippen LogP contribution in [0, 0.1) is 25.2 Å². The maximum atomic E-state index is 12.3. The monoisotopic (exact) mass is 343 g/mol. The number of aromatic hydroxyl groups is 1. The lowest BCUT2D eigenvalue weighted by molar-refractivity contribution is 0.386. The number of pyridine rings is 1. The van der Waals surface area contributed by atoms with Gasteiger partial charge in [-0.15, -0.1) is 0 Å². The highest BCUT2D eigenvalue weighted by molar-refractivity contribution is 6.31. The van der Waals surface area contributed by atoms with Crippen molar-refractivity contribution in [3.8, 4) is 11.9 Å². The molecule has 1 aromatic heterocycles. The summed E-state index contributed by atoms with van der Waals surface area (Å²) in [5.74, 6) is -0.201. The van der Waals surface area contributed by atoms with Crippen molar-refractivity contribution in [3.63, 3.8) is 0 Å². The zero-order valence-electron chi connectivity index (χ0n) is 14.0. The van der Waals surface area contributed by atoms with E-state index in [1.165, 1.54) is 10.8 Å². The zero-order chi connectivity index (χ0) is 18.0. The smallest absolute Gasteiger partial charge is 0.271 e. The van der Waals surface area contributed by atoms with Gasteiger partial charge in [-0.1, -0.05) is 17.7 Å². The van der Waals surface area contributed by atoms with Gasteiger partial charge in [0.25, 0.3) is 5.56 Å². The molecule has 0 radical (unpaired) electrons. The summed E-state index contributed by atoms with van der Waals surface area (Å²) in [5.41, 5.74) is 1.80. The van der Waals surface area contributed by atoms with Crippen LogP contribution in [0.5, 0.6) is 5.88 Å². The van der Waals surface area contributed by atoms with Crippen molar-refractivity contribution < 1.29 is 5.11 Å². The van der Waals surface area contributed by atoms with Gasteiger partial charge in [-0.05, 0) is 51.0 Å². The van der Waals surface area contributed by atoms with Crippen LogP contribution in [-0.4, -0.2) is 15.9 Å². The number of hydrogen-bond acceptors (Lipinski definition) is 4. The van der Waals surface area contributed by atoms with Crippen LogP contribution < -0.4 is 5.56 Å². The van der Waals surface area contributed by atoms with Gasteiger partial charge >= 0.3 is 0 Å². The summed E-state index contributed by atoms with van der Waals surface area (Å²) in [6.45, 7) is 7.04. The van der Waals surface area contributed by atoms with E-state index in [4.69, 9.17) is 11.6 Å². The Kier molecular flexibility index (Phi) is 5.10. The second kappa shape index (κ2) is 6.90. The Bertz CT molecular complexity index is 921. The minimum Gasteiger partial charge on any atom is -0.494 e. The van der Waals surface area contributed by atoms with Crippen LogP contribution in [0.1, 0.15) is 42.1 Å². The van der Waals surface area contributed by atoms with Crippen molar-refractivity contribution in [1.29, 1.82) is 5.26 Å². The van der Waals surface area contributed by atoms with E-state index >= 15 is 0 Å². The van der Waals surface area contributed by atoms with Crippen molar-refractivity contribution >= 4 is 23.5 Å². The Morgan fingerprint density at radius 1 is 1.38 bits per heavy atom. The maximum Gasteiger partial charge on any atom is 0.271 e. The minimum atomic E-state index is -0.502. The SMILES string of the molecule is Cc1ccc(N=Cc2c(C)c(C#N)c(=O)n(C(C)C)c2O)cc1Cl. The van der Waals surface area contributed by atoms with E-state index in [0.29, 0.717) is 21.8 Å². The Balaban J connectivity index is 2.64. The highest BCUT2D eigenvalue weighted by atomic mass is 35.5. The molecule has 0 aliphatic heterocycles. The largest absolute Gasteiger partial charge is 0.494 e. The number of aryl methyl sites for hydroxylation is 1. The third-order valence-electron chi connectivity index (χ3n) is 3.81. The Hall–Kier alpha value is -2.58. The first kappa shape index (κ1) is 17.8.